The number of oxazole rings is 1. The highest BCUT2D eigenvalue weighted by Gasteiger charge is 2.17. The highest BCUT2D eigenvalue weighted by Crippen LogP contribution is 2.18. The van der Waals surface area contributed by atoms with E-state index >= 15 is 0 Å². The van der Waals surface area contributed by atoms with E-state index in [0.717, 1.165) is 11.6 Å². The van der Waals surface area contributed by atoms with Crippen LogP contribution in [0.5, 0.6) is 0 Å². The van der Waals surface area contributed by atoms with Crippen LogP contribution < -0.4 is 9.86 Å². The maximum absolute atomic E-state index is 12.3. The normalized spacial score (nSPS) is 12.2. The maximum Gasteiger partial charge on any atom is 0.240 e. The second-order valence-corrected chi connectivity index (χ2v) is 9.01. The third-order valence-corrected chi connectivity index (χ3v) is 6.06. The summed E-state index contributed by atoms with van der Waals surface area (Å²) in [5, 5.41) is 5.03. The highest BCUT2D eigenvalue weighted by molar-refractivity contribution is 7.90. The van der Waals surface area contributed by atoms with Crippen molar-refractivity contribution in [1.82, 2.24) is 9.71 Å². The molecule has 0 saturated carbocycles. The summed E-state index contributed by atoms with van der Waals surface area (Å²) in [6.07, 6.45) is 1.78. The van der Waals surface area contributed by atoms with Crippen LogP contribution in [0.15, 0.2) is 75.1 Å². The van der Waals surface area contributed by atoms with E-state index in [1.807, 2.05) is 30.3 Å². The molecule has 3 aromatic rings. The zero-order valence-electron chi connectivity index (χ0n) is 14.1. The standard InChI is InChI=1S/C17H17N3O5S2/c18-26(21,22)15-7-4-8-16(11-15)27(23,24)19-10-9-14-12-25-17(20-14)13-5-2-1-3-6-13/h1-8,11-12,19H,9-10H2,(H2,18,21,22). The number of nitrogens with two attached hydrogens (primary N) is 1. The summed E-state index contributed by atoms with van der Waals surface area (Å²) in [6.45, 7) is 0.0721. The van der Waals surface area contributed by atoms with Gasteiger partial charge in [0.1, 0.15) is 6.26 Å². The minimum absolute atomic E-state index is 0.0721. The smallest absolute Gasteiger partial charge is 0.240 e. The van der Waals surface area contributed by atoms with E-state index in [1.165, 1.54) is 24.5 Å². The number of hydrogen-bond acceptors (Lipinski definition) is 6. The van der Waals surface area contributed by atoms with Crippen molar-refractivity contribution in [1.29, 1.82) is 0 Å². The highest BCUT2D eigenvalue weighted by atomic mass is 32.2. The third-order valence-electron chi connectivity index (χ3n) is 3.69. The molecule has 0 unspecified atom stereocenters. The van der Waals surface area contributed by atoms with Crippen LogP contribution in [0.1, 0.15) is 5.69 Å². The molecule has 10 heteroatoms. The molecule has 0 saturated heterocycles. The van der Waals surface area contributed by atoms with Gasteiger partial charge in [-0.05, 0) is 30.3 Å². The number of rotatable bonds is 7. The lowest BCUT2D eigenvalue weighted by atomic mass is 10.2. The summed E-state index contributed by atoms with van der Waals surface area (Å²) in [5.41, 5.74) is 1.42. The van der Waals surface area contributed by atoms with Gasteiger partial charge in [-0.25, -0.2) is 31.7 Å². The minimum Gasteiger partial charge on any atom is -0.444 e. The van der Waals surface area contributed by atoms with Crippen molar-refractivity contribution < 1.29 is 21.3 Å². The molecule has 142 valence electrons. The van der Waals surface area contributed by atoms with Gasteiger partial charge in [0.15, 0.2) is 0 Å². The minimum atomic E-state index is -3.99. The lowest BCUT2D eigenvalue weighted by molar-refractivity contribution is 0.570. The van der Waals surface area contributed by atoms with Crippen molar-refractivity contribution in [3.63, 3.8) is 0 Å². The van der Waals surface area contributed by atoms with Gasteiger partial charge >= 0.3 is 0 Å². The van der Waals surface area contributed by atoms with E-state index in [4.69, 9.17) is 9.56 Å². The van der Waals surface area contributed by atoms with Gasteiger partial charge in [0.05, 0.1) is 15.5 Å². The fraction of sp³-hybridized carbons (Fsp3) is 0.118. The monoisotopic (exact) mass is 407 g/mol. The molecule has 3 rings (SSSR count). The molecular formula is C17H17N3O5S2. The Morgan fingerprint density at radius 1 is 0.963 bits per heavy atom. The Kier molecular flexibility index (Phi) is 5.42. The van der Waals surface area contributed by atoms with E-state index < -0.39 is 20.0 Å². The first kappa shape index (κ1) is 19.2. The van der Waals surface area contributed by atoms with E-state index in [2.05, 4.69) is 9.71 Å². The lowest BCUT2D eigenvalue weighted by Crippen LogP contribution is -2.26. The second kappa shape index (κ2) is 7.61. The number of aromatic nitrogens is 1. The van der Waals surface area contributed by atoms with Crippen molar-refractivity contribution in [3.05, 3.63) is 66.6 Å². The Morgan fingerprint density at radius 2 is 1.67 bits per heavy atom. The maximum atomic E-state index is 12.3. The Bertz CT molecular complexity index is 1140. The van der Waals surface area contributed by atoms with Gasteiger partial charge in [-0.2, -0.15) is 0 Å². The van der Waals surface area contributed by atoms with Gasteiger partial charge in [0.2, 0.25) is 25.9 Å². The molecule has 0 aliphatic heterocycles. The van der Waals surface area contributed by atoms with Crippen LogP contribution in [-0.4, -0.2) is 28.4 Å². The summed E-state index contributed by atoms with van der Waals surface area (Å²) in [7, 11) is -7.87. The third kappa shape index (κ3) is 4.80. The molecule has 27 heavy (non-hydrogen) atoms. The molecule has 1 heterocycles. The van der Waals surface area contributed by atoms with Gasteiger partial charge in [0, 0.05) is 18.5 Å². The van der Waals surface area contributed by atoms with Gasteiger partial charge in [-0.3, -0.25) is 0 Å². The first-order chi connectivity index (χ1) is 12.8. The lowest BCUT2D eigenvalue weighted by Gasteiger charge is -2.07. The summed E-state index contributed by atoms with van der Waals surface area (Å²) >= 11 is 0. The van der Waals surface area contributed by atoms with Crippen LogP contribution in [0.3, 0.4) is 0 Å². The molecule has 0 amide bonds. The van der Waals surface area contributed by atoms with Gasteiger partial charge < -0.3 is 4.42 Å². The first-order valence-electron chi connectivity index (χ1n) is 7.88. The summed E-state index contributed by atoms with van der Waals surface area (Å²) < 4.78 is 55.2. The molecular weight excluding hydrogens is 390 g/mol. The second-order valence-electron chi connectivity index (χ2n) is 5.68. The molecule has 3 N–H and O–H groups in total. The SMILES string of the molecule is NS(=O)(=O)c1cccc(S(=O)(=O)NCCc2coc(-c3ccccc3)n2)c1. The topological polar surface area (TPSA) is 132 Å². The average molecular weight is 407 g/mol. The van der Waals surface area contributed by atoms with Crippen molar-refractivity contribution in [2.24, 2.45) is 5.14 Å². The summed E-state index contributed by atoms with van der Waals surface area (Å²) in [6, 6.07) is 14.2. The van der Waals surface area contributed by atoms with Crippen molar-refractivity contribution >= 4 is 20.0 Å². The van der Waals surface area contributed by atoms with Crippen LogP contribution in [0, 0.1) is 0 Å². The van der Waals surface area contributed by atoms with Crippen LogP contribution in [0.25, 0.3) is 11.5 Å². The van der Waals surface area contributed by atoms with Crippen molar-refractivity contribution in [2.45, 2.75) is 16.2 Å². The Hall–Kier alpha value is -2.53. The molecule has 0 aliphatic rings. The molecule has 0 atom stereocenters. The summed E-state index contributed by atoms with van der Waals surface area (Å²) in [4.78, 5) is 3.87. The fourth-order valence-corrected chi connectivity index (χ4v) is 4.06. The fourth-order valence-electron chi connectivity index (χ4n) is 2.35. The van der Waals surface area contributed by atoms with E-state index in [0.29, 0.717) is 18.0 Å². The quantitative estimate of drug-likeness (QED) is 0.610. The molecule has 0 radical (unpaired) electrons. The molecule has 0 bridgehead atoms. The molecule has 0 fully saturated rings. The molecule has 1 aromatic heterocycles. The zero-order valence-corrected chi connectivity index (χ0v) is 15.7. The molecule has 8 nitrogen and oxygen atoms in total. The van der Waals surface area contributed by atoms with E-state index in [-0.39, 0.29) is 16.3 Å². The largest absolute Gasteiger partial charge is 0.444 e. The van der Waals surface area contributed by atoms with Crippen LogP contribution in [0.2, 0.25) is 0 Å². The van der Waals surface area contributed by atoms with E-state index in [1.54, 1.807) is 0 Å². The number of primary sulfonamides is 1. The molecule has 2 aromatic carbocycles. The predicted molar refractivity (Wildman–Crippen MR) is 98.6 cm³/mol. The Balaban J connectivity index is 1.66. The average Bonchev–Trinajstić information content (AvgIpc) is 3.11. The number of nitrogens with one attached hydrogen (secondary N) is 1. The van der Waals surface area contributed by atoms with E-state index in [9.17, 15) is 16.8 Å². The van der Waals surface area contributed by atoms with Crippen LogP contribution in [0.4, 0.5) is 0 Å². The predicted octanol–water partition coefficient (Wildman–Crippen LogP) is 1.51. The number of nitrogens with zero attached hydrogens (tertiary/aromatic N) is 1. The van der Waals surface area contributed by atoms with Crippen molar-refractivity contribution in [2.75, 3.05) is 6.54 Å². The van der Waals surface area contributed by atoms with Gasteiger partial charge in [-0.15, -0.1) is 0 Å². The number of hydrogen-bond donors (Lipinski definition) is 2. The molecule has 0 aliphatic carbocycles. The number of sulfonamides is 2. The molecule has 0 spiro atoms. The van der Waals surface area contributed by atoms with Crippen LogP contribution >= 0.6 is 0 Å². The number of benzene rings is 2. The zero-order chi connectivity index (χ0) is 19.5. The van der Waals surface area contributed by atoms with Gasteiger partial charge in [-0.1, -0.05) is 24.3 Å². The van der Waals surface area contributed by atoms with Gasteiger partial charge in [0.25, 0.3) is 0 Å². The Labute approximate surface area is 157 Å². The Morgan fingerprint density at radius 3 is 2.37 bits per heavy atom. The van der Waals surface area contributed by atoms with Crippen LogP contribution in [-0.2, 0) is 26.5 Å². The first-order valence-corrected chi connectivity index (χ1v) is 10.9. The summed E-state index contributed by atoms with van der Waals surface area (Å²) in [5.74, 6) is 0.453. The van der Waals surface area contributed by atoms with Crippen molar-refractivity contribution in [3.8, 4) is 11.5 Å².